The normalized spacial score (nSPS) is 18.6. The highest BCUT2D eigenvalue weighted by molar-refractivity contribution is 6.05. The van der Waals surface area contributed by atoms with Gasteiger partial charge in [-0.25, -0.2) is 0 Å². The molecule has 202 valence electrons. The topological polar surface area (TPSA) is 61.5 Å². The van der Waals surface area contributed by atoms with E-state index < -0.39 is 0 Å². The Morgan fingerprint density at radius 2 is 1.85 bits per heavy atom. The van der Waals surface area contributed by atoms with E-state index >= 15 is 0 Å². The Hall–Kier alpha value is -3.64. The molecule has 0 radical (unpaired) electrons. The minimum absolute atomic E-state index is 0.142. The molecule has 0 aliphatic carbocycles. The maximum atomic E-state index is 13.6. The van der Waals surface area contributed by atoms with E-state index in [0.29, 0.717) is 6.61 Å². The van der Waals surface area contributed by atoms with Crippen LogP contribution in [-0.4, -0.2) is 58.5 Å². The summed E-state index contributed by atoms with van der Waals surface area (Å²) >= 11 is 0. The number of fused-ring (bicyclic) bond motifs is 2. The SMILES string of the molecule is O=C(c1cccc2cc[nH]c12)N1CCC2(CCCCc3ccccc3OCCN(Cc3cccnc3)C2)CC1. The molecular formula is C33H38N4O2. The van der Waals surface area contributed by atoms with Crippen molar-refractivity contribution in [1.29, 1.82) is 0 Å². The van der Waals surface area contributed by atoms with E-state index in [1.165, 1.54) is 24.0 Å². The Morgan fingerprint density at radius 3 is 2.72 bits per heavy atom. The zero-order valence-corrected chi connectivity index (χ0v) is 22.6. The molecule has 2 aliphatic heterocycles. The number of likely N-dealkylation sites (tertiary alicyclic amines) is 1. The van der Waals surface area contributed by atoms with Crippen LogP contribution in [0.1, 0.15) is 53.6 Å². The van der Waals surface area contributed by atoms with Crippen LogP contribution in [0.15, 0.2) is 79.3 Å². The van der Waals surface area contributed by atoms with Crippen molar-refractivity contribution in [2.75, 3.05) is 32.8 Å². The number of amides is 1. The number of piperidine rings is 1. The van der Waals surface area contributed by atoms with Gasteiger partial charge in [-0.3, -0.25) is 14.7 Å². The fourth-order valence-corrected chi connectivity index (χ4v) is 6.49. The van der Waals surface area contributed by atoms with Crippen LogP contribution >= 0.6 is 0 Å². The highest BCUT2D eigenvalue weighted by Gasteiger charge is 2.37. The number of benzene rings is 2. The molecule has 6 rings (SSSR count). The van der Waals surface area contributed by atoms with Gasteiger partial charge in [-0.15, -0.1) is 0 Å². The molecule has 2 aromatic carbocycles. The number of aromatic nitrogens is 2. The lowest BCUT2D eigenvalue weighted by Crippen LogP contribution is -2.48. The summed E-state index contributed by atoms with van der Waals surface area (Å²) in [5, 5.41) is 1.09. The van der Waals surface area contributed by atoms with E-state index in [9.17, 15) is 4.79 Å². The van der Waals surface area contributed by atoms with Crippen molar-refractivity contribution < 1.29 is 9.53 Å². The fourth-order valence-electron chi connectivity index (χ4n) is 6.49. The number of rotatable bonds is 3. The molecule has 1 N–H and O–H groups in total. The summed E-state index contributed by atoms with van der Waals surface area (Å²) in [6.07, 6.45) is 12.4. The number of carbonyl (C=O) groups excluding carboxylic acids is 1. The van der Waals surface area contributed by atoms with E-state index in [0.717, 1.165) is 80.6 Å². The van der Waals surface area contributed by atoms with Gasteiger partial charge in [-0.05, 0) is 72.9 Å². The van der Waals surface area contributed by atoms with Gasteiger partial charge >= 0.3 is 0 Å². The van der Waals surface area contributed by atoms with Crippen LogP contribution in [0.4, 0.5) is 0 Å². The third-order valence-corrected chi connectivity index (χ3v) is 8.66. The van der Waals surface area contributed by atoms with Gasteiger partial charge in [0.1, 0.15) is 12.4 Å². The van der Waals surface area contributed by atoms with Crippen LogP contribution in [0.5, 0.6) is 5.75 Å². The summed E-state index contributed by atoms with van der Waals surface area (Å²) in [6.45, 7) is 5.01. The lowest BCUT2D eigenvalue weighted by molar-refractivity contribution is 0.0362. The van der Waals surface area contributed by atoms with Gasteiger partial charge in [-0.2, -0.15) is 0 Å². The Kier molecular flexibility index (Phi) is 7.64. The van der Waals surface area contributed by atoms with Crippen molar-refractivity contribution in [1.82, 2.24) is 19.8 Å². The average Bonchev–Trinajstić information content (AvgIpc) is 3.45. The van der Waals surface area contributed by atoms with Crippen molar-refractivity contribution in [2.24, 2.45) is 5.41 Å². The van der Waals surface area contributed by atoms with Gasteiger partial charge < -0.3 is 14.6 Å². The van der Waals surface area contributed by atoms with E-state index in [1.807, 2.05) is 42.9 Å². The van der Waals surface area contributed by atoms with Gasteiger partial charge in [0.15, 0.2) is 0 Å². The van der Waals surface area contributed by atoms with Gasteiger partial charge in [0.25, 0.3) is 5.91 Å². The fraction of sp³-hybridized carbons (Fsp3) is 0.394. The second kappa shape index (κ2) is 11.6. The zero-order chi connectivity index (χ0) is 26.5. The largest absolute Gasteiger partial charge is 0.492 e. The van der Waals surface area contributed by atoms with Crippen molar-refractivity contribution in [2.45, 2.75) is 45.1 Å². The average molecular weight is 523 g/mol. The minimum atomic E-state index is 0.142. The smallest absolute Gasteiger partial charge is 0.255 e. The summed E-state index contributed by atoms with van der Waals surface area (Å²) < 4.78 is 6.32. The lowest BCUT2D eigenvalue weighted by atomic mass is 9.73. The Labute approximate surface area is 231 Å². The third kappa shape index (κ3) is 5.86. The highest BCUT2D eigenvalue weighted by Crippen LogP contribution is 2.39. The number of aromatic amines is 1. The molecule has 1 spiro atoms. The number of aryl methyl sites for hydroxylation is 1. The van der Waals surface area contributed by atoms with Crippen molar-refractivity contribution in [3.8, 4) is 5.75 Å². The Balaban J connectivity index is 1.20. The molecule has 2 aromatic heterocycles. The molecule has 1 amide bonds. The Morgan fingerprint density at radius 1 is 0.949 bits per heavy atom. The van der Waals surface area contributed by atoms with Crippen LogP contribution in [0.2, 0.25) is 0 Å². The maximum Gasteiger partial charge on any atom is 0.255 e. The molecule has 0 unspecified atom stereocenters. The molecule has 4 heterocycles. The molecular weight excluding hydrogens is 484 g/mol. The first-order valence-corrected chi connectivity index (χ1v) is 14.4. The van der Waals surface area contributed by atoms with Gasteiger partial charge in [-0.1, -0.05) is 42.8 Å². The van der Waals surface area contributed by atoms with E-state index in [-0.39, 0.29) is 11.3 Å². The predicted octanol–water partition coefficient (Wildman–Crippen LogP) is 6.09. The quantitative estimate of drug-likeness (QED) is 0.354. The number of hydrogen-bond acceptors (Lipinski definition) is 4. The van der Waals surface area contributed by atoms with Crippen molar-refractivity contribution >= 4 is 16.8 Å². The second-order valence-electron chi connectivity index (χ2n) is 11.3. The monoisotopic (exact) mass is 522 g/mol. The van der Waals surface area contributed by atoms with Crippen LogP contribution in [0, 0.1) is 5.41 Å². The molecule has 4 aromatic rings. The summed E-state index contributed by atoms with van der Waals surface area (Å²) in [5.74, 6) is 1.17. The molecule has 0 bridgehead atoms. The maximum absolute atomic E-state index is 13.6. The summed E-state index contributed by atoms with van der Waals surface area (Å²) in [4.78, 5) is 25.8. The van der Waals surface area contributed by atoms with Gasteiger partial charge in [0.2, 0.25) is 0 Å². The molecule has 39 heavy (non-hydrogen) atoms. The van der Waals surface area contributed by atoms with Gasteiger partial charge in [0.05, 0.1) is 11.1 Å². The number of para-hydroxylation sites is 2. The Bertz CT molecular complexity index is 1390. The summed E-state index contributed by atoms with van der Waals surface area (Å²) in [7, 11) is 0. The molecule has 1 fully saturated rings. The lowest BCUT2D eigenvalue weighted by Gasteiger charge is -2.45. The van der Waals surface area contributed by atoms with Crippen LogP contribution < -0.4 is 4.74 Å². The second-order valence-corrected chi connectivity index (χ2v) is 11.3. The molecule has 6 heteroatoms. The van der Waals surface area contributed by atoms with Crippen molar-refractivity contribution in [3.05, 3.63) is 95.9 Å². The van der Waals surface area contributed by atoms with Crippen LogP contribution in [0.3, 0.4) is 0 Å². The van der Waals surface area contributed by atoms with E-state index in [2.05, 4.69) is 56.2 Å². The molecule has 0 atom stereocenters. The molecule has 0 saturated carbocycles. The van der Waals surface area contributed by atoms with E-state index in [4.69, 9.17) is 4.74 Å². The summed E-state index contributed by atoms with van der Waals surface area (Å²) in [5.41, 5.74) is 4.45. The van der Waals surface area contributed by atoms with Crippen molar-refractivity contribution in [3.63, 3.8) is 0 Å². The number of pyridine rings is 1. The van der Waals surface area contributed by atoms with Crippen LogP contribution in [-0.2, 0) is 13.0 Å². The molecule has 1 saturated heterocycles. The zero-order valence-electron chi connectivity index (χ0n) is 22.6. The molecule has 6 nitrogen and oxygen atoms in total. The number of carbonyl (C=O) groups is 1. The number of H-pyrrole nitrogens is 1. The van der Waals surface area contributed by atoms with E-state index in [1.54, 1.807) is 0 Å². The van der Waals surface area contributed by atoms with Crippen LogP contribution in [0.25, 0.3) is 10.9 Å². The minimum Gasteiger partial charge on any atom is -0.492 e. The first kappa shape index (κ1) is 25.6. The highest BCUT2D eigenvalue weighted by atomic mass is 16.5. The third-order valence-electron chi connectivity index (χ3n) is 8.66. The number of hydrogen-bond donors (Lipinski definition) is 1. The first-order chi connectivity index (χ1) is 19.2. The number of ether oxygens (including phenoxy) is 1. The first-order valence-electron chi connectivity index (χ1n) is 14.4. The molecule has 2 aliphatic rings. The standard InChI is InChI=1S/C33H38N4O2/c38-32(29-11-5-10-28-13-18-35-31(28)29)37-19-15-33(16-20-37)14-4-3-9-27-8-1-2-12-30(27)39-22-21-36(25-33)24-26-7-6-17-34-23-26/h1-2,5-8,10-13,17-18,23,35H,3-4,9,14-16,19-22,24-25H2. The predicted molar refractivity (Wildman–Crippen MR) is 155 cm³/mol. The number of nitrogens with zero attached hydrogens (tertiary/aromatic N) is 3. The van der Waals surface area contributed by atoms with Gasteiger partial charge in [0, 0.05) is 56.7 Å². The summed E-state index contributed by atoms with van der Waals surface area (Å²) in [6, 6.07) is 20.7. The number of nitrogens with one attached hydrogen (secondary N) is 1.